The summed E-state index contributed by atoms with van der Waals surface area (Å²) in [5.74, 6) is 0.0348. The van der Waals surface area contributed by atoms with Crippen LogP contribution in [0.2, 0.25) is 0 Å². The first kappa shape index (κ1) is 11.4. The molecule has 3 heterocycles. The van der Waals surface area contributed by atoms with Crippen LogP contribution in [0.1, 0.15) is 22.5 Å². The smallest absolute Gasteiger partial charge is 0.263 e. The van der Waals surface area contributed by atoms with Gasteiger partial charge >= 0.3 is 0 Å². The fraction of sp³-hybridized carbons (Fsp3) is 0.538. The minimum Gasteiger partial charge on any atom is -0.349 e. The highest BCUT2D eigenvalue weighted by Gasteiger charge is 2.28. The lowest BCUT2D eigenvalue weighted by molar-refractivity contribution is 0.0955. The molecule has 1 aromatic rings. The van der Waals surface area contributed by atoms with Gasteiger partial charge in [-0.3, -0.25) is 4.79 Å². The summed E-state index contributed by atoms with van der Waals surface area (Å²) in [6.45, 7) is 3.93. The van der Waals surface area contributed by atoms with Gasteiger partial charge in [-0.2, -0.15) is 0 Å². The Balaban J connectivity index is 1.45. The Morgan fingerprint density at radius 2 is 2.11 bits per heavy atom. The van der Waals surface area contributed by atoms with Gasteiger partial charge in [0.25, 0.3) is 5.91 Å². The van der Waals surface area contributed by atoms with Crippen LogP contribution in [0.15, 0.2) is 17.3 Å². The molecular formula is C13H16N4OS. The van der Waals surface area contributed by atoms with Crippen LogP contribution in [-0.4, -0.2) is 43.1 Å². The van der Waals surface area contributed by atoms with E-state index in [-0.39, 0.29) is 5.91 Å². The summed E-state index contributed by atoms with van der Waals surface area (Å²) >= 11 is 1.50. The Labute approximate surface area is 115 Å². The number of hydrogen-bond donors (Lipinski definition) is 2. The first-order valence-corrected chi connectivity index (χ1v) is 7.53. The van der Waals surface area contributed by atoms with Crippen molar-refractivity contribution in [1.82, 2.24) is 15.6 Å². The fourth-order valence-electron chi connectivity index (χ4n) is 2.60. The van der Waals surface area contributed by atoms with Crippen molar-refractivity contribution in [3.8, 4) is 0 Å². The second kappa shape index (κ2) is 4.31. The topological polar surface area (TPSA) is 57.3 Å². The van der Waals surface area contributed by atoms with E-state index in [1.165, 1.54) is 22.5 Å². The fourth-order valence-corrected chi connectivity index (χ4v) is 3.42. The van der Waals surface area contributed by atoms with Crippen LogP contribution in [0.5, 0.6) is 0 Å². The third-order valence-electron chi connectivity index (χ3n) is 3.84. The van der Waals surface area contributed by atoms with Crippen molar-refractivity contribution >= 4 is 22.4 Å². The van der Waals surface area contributed by atoms with Gasteiger partial charge in [0.2, 0.25) is 0 Å². The highest BCUT2D eigenvalue weighted by molar-refractivity contribution is 7.17. The summed E-state index contributed by atoms with van der Waals surface area (Å²) in [6, 6.07) is 0.404. The van der Waals surface area contributed by atoms with Crippen molar-refractivity contribution in [2.24, 2.45) is 0 Å². The number of hydrogen-bond acceptors (Lipinski definition) is 5. The van der Waals surface area contributed by atoms with Crippen LogP contribution in [0.3, 0.4) is 0 Å². The van der Waals surface area contributed by atoms with Crippen LogP contribution in [0.25, 0.3) is 0 Å². The summed E-state index contributed by atoms with van der Waals surface area (Å²) in [5.41, 5.74) is 3.00. The number of nitrogens with one attached hydrogen (secondary N) is 2. The molecule has 1 aromatic heterocycles. The van der Waals surface area contributed by atoms with Gasteiger partial charge in [-0.05, 0) is 24.0 Å². The molecule has 1 amide bonds. The molecule has 3 aliphatic rings. The second-order valence-electron chi connectivity index (χ2n) is 5.42. The van der Waals surface area contributed by atoms with Crippen LogP contribution < -0.4 is 15.5 Å². The summed E-state index contributed by atoms with van der Waals surface area (Å²) in [6.07, 6.45) is 3.94. The highest BCUT2D eigenvalue weighted by Crippen LogP contribution is 2.30. The Hall–Kier alpha value is -1.40. The Kier molecular flexibility index (Phi) is 2.60. The maximum Gasteiger partial charge on any atom is 0.263 e. The van der Waals surface area contributed by atoms with E-state index in [9.17, 15) is 4.79 Å². The van der Waals surface area contributed by atoms with Gasteiger partial charge in [0.05, 0.1) is 6.20 Å². The Bertz CT molecular complexity index is 545. The molecule has 1 aliphatic carbocycles. The predicted octanol–water partition coefficient (Wildman–Crippen LogP) is 0.755. The average Bonchev–Trinajstić information content (AvgIpc) is 2.85. The van der Waals surface area contributed by atoms with E-state index in [1.807, 2.05) is 0 Å². The first-order chi connectivity index (χ1) is 9.29. The summed E-state index contributed by atoms with van der Waals surface area (Å²) in [5, 5.41) is 7.34. The van der Waals surface area contributed by atoms with Gasteiger partial charge in [0.1, 0.15) is 4.88 Å². The predicted molar refractivity (Wildman–Crippen MR) is 74.7 cm³/mol. The standard InChI is InChI=1S/C13H16N4OS/c18-12(16-10-1-2-10)11-5-15-13(19-11)17-6-8-3-14-4-9(8)7-17/h5,10,14H,1-4,6-7H2,(H,16,18). The lowest BCUT2D eigenvalue weighted by atomic mass is 10.2. The molecule has 2 aliphatic heterocycles. The molecule has 6 heteroatoms. The molecule has 0 atom stereocenters. The van der Waals surface area contributed by atoms with Gasteiger partial charge in [0.15, 0.2) is 5.13 Å². The summed E-state index contributed by atoms with van der Waals surface area (Å²) in [7, 11) is 0. The van der Waals surface area contributed by atoms with Crippen LogP contribution in [0.4, 0.5) is 5.13 Å². The maximum atomic E-state index is 11.9. The molecule has 4 rings (SSSR count). The minimum atomic E-state index is 0.0348. The number of carbonyl (C=O) groups excluding carboxylic acids is 1. The van der Waals surface area contributed by atoms with Crippen molar-refractivity contribution < 1.29 is 4.79 Å². The molecule has 0 aromatic carbocycles. The van der Waals surface area contributed by atoms with E-state index < -0.39 is 0 Å². The SMILES string of the molecule is O=C(NC1CC1)c1cnc(N2CC3=C(CNC3)C2)s1. The van der Waals surface area contributed by atoms with Gasteiger partial charge in [0, 0.05) is 32.2 Å². The molecule has 0 spiro atoms. The van der Waals surface area contributed by atoms with Gasteiger partial charge < -0.3 is 15.5 Å². The van der Waals surface area contributed by atoms with E-state index in [0.717, 1.165) is 49.0 Å². The van der Waals surface area contributed by atoms with Crippen molar-refractivity contribution in [1.29, 1.82) is 0 Å². The number of amides is 1. The highest BCUT2D eigenvalue weighted by atomic mass is 32.1. The van der Waals surface area contributed by atoms with Crippen molar-refractivity contribution in [2.45, 2.75) is 18.9 Å². The number of carbonyl (C=O) groups is 1. The average molecular weight is 276 g/mol. The lowest BCUT2D eigenvalue weighted by Crippen LogP contribution is -2.26. The van der Waals surface area contributed by atoms with Crippen molar-refractivity contribution in [3.05, 3.63) is 22.2 Å². The van der Waals surface area contributed by atoms with Crippen molar-refractivity contribution in [2.75, 3.05) is 31.1 Å². The number of aromatic nitrogens is 1. The Morgan fingerprint density at radius 3 is 2.79 bits per heavy atom. The largest absolute Gasteiger partial charge is 0.349 e. The number of rotatable bonds is 3. The third kappa shape index (κ3) is 2.15. The van der Waals surface area contributed by atoms with Crippen molar-refractivity contribution in [3.63, 3.8) is 0 Å². The molecule has 0 saturated heterocycles. The molecule has 2 N–H and O–H groups in total. The second-order valence-corrected chi connectivity index (χ2v) is 6.43. The van der Waals surface area contributed by atoms with E-state index in [2.05, 4.69) is 20.5 Å². The van der Waals surface area contributed by atoms with Gasteiger partial charge in [-0.25, -0.2) is 4.98 Å². The maximum absolute atomic E-state index is 11.9. The van der Waals surface area contributed by atoms with E-state index in [1.54, 1.807) is 6.20 Å². The molecule has 19 heavy (non-hydrogen) atoms. The number of thiazole rings is 1. The lowest BCUT2D eigenvalue weighted by Gasteiger charge is -2.16. The third-order valence-corrected chi connectivity index (χ3v) is 4.90. The zero-order valence-corrected chi connectivity index (χ0v) is 11.4. The molecule has 1 fully saturated rings. The van der Waals surface area contributed by atoms with E-state index >= 15 is 0 Å². The zero-order valence-electron chi connectivity index (χ0n) is 10.6. The number of anilines is 1. The van der Waals surface area contributed by atoms with E-state index in [0.29, 0.717) is 6.04 Å². The first-order valence-electron chi connectivity index (χ1n) is 6.72. The molecule has 1 saturated carbocycles. The minimum absolute atomic E-state index is 0.0348. The normalized spacial score (nSPS) is 22.0. The van der Waals surface area contributed by atoms with Gasteiger partial charge in [-0.1, -0.05) is 11.3 Å². The van der Waals surface area contributed by atoms with Crippen LogP contribution >= 0.6 is 11.3 Å². The van der Waals surface area contributed by atoms with Crippen LogP contribution in [0, 0.1) is 0 Å². The van der Waals surface area contributed by atoms with Gasteiger partial charge in [-0.15, -0.1) is 0 Å². The van der Waals surface area contributed by atoms with E-state index in [4.69, 9.17) is 0 Å². The Morgan fingerprint density at radius 1 is 1.37 bits per heavy atom. The summed E-state index contributed by atoms with van der Waals surface area (Å²) in [4.78, 5) is 19.3. The molecule has 0 unspecified atom stereocenters. The molecule has 5 nitrogen and oxygen atoms in total. The molecule has 100 valence electrons. The monoisotopic (exact) mass is 276 g/mol. The molecule has 0 bridgehead atoms. The molecule has 0 radical (unpaired) electrons. The number of nitrogens with zero attached hydrogens (tertiary/aromatic N) is 2. The molecular weight excluding hydrogens is 260 g/mol. The zero-order chi connectivity index (χ0) is 12.8. The summed E-state index contributed by atoms with van der Waals surface area (Å²) < 4.78 is 0. The quantitative estimate of drug-likeness (QED) is 0.800. The van der Waals surface area contributed by atoms with Crippen LogP contribution in [-0.2, 0) is 0 Å².